The standard InChI is InChI=1S/C20H34O2/c1-3-5-7-20(21)22-19-14-12-18(13-15-19)17-10-8-16(6-4-2)9-11-17/h3,16-19H,1,4-15H2,2H3/t16-,17-,18?,19?. The number of esters is 1. The zero-order valence-corrected chi connectivity index (χ0v) is 14.4. The van der Waals surface area contributed by atoms with Crippen molar-refractivity contribution in [2.75, 3.05) is 0 Å². The summed E-state index contributed by atoms with van der Waals surface area (Å²) in [6.45, 7) is 5.96. The molecule has 2 aliphatic rings. The van der Waals surface area contributed by atoms with Gasteiger partial charge in [0.2, 0.25) is 0 Å². The molecule has 0 aromatic rings. The number of carbonyl (C=O) groups excluding carboxylic acids is 1. The summed E-state index contributed by atoms with van der Waals surface area (Å²) in [6.07, 6.45) is 16.5. The molecule has 2 rings (SSSR count). The van der Waals surface area contributed by atoms with E-state index < -0.39 is 0 Å². The normalized spacial score (nSPS) is 32.4. The first-order chi connectivity index (χ1) is 10.7. The van der Waals surface area contributed by atoms with E-state index in [1.54, 1.807) is 6.08 Å². The molecule has 126 valence electrons. The molecule has 22 heavy (non-hydrogen) atoms. The highest BCUT2D eigenvalue weighted by Crippen LogP contribution is 2.41. The molecule has 0 N–H and O–H groups in total. The van der Waals surface area contributed by atoms with Crippen molar-refractivity contribution in [3.05, 3.63) is 12.7 Å². The number of hydrogen-bond acceptors (Lipinski definition) is 2. The zero-order valence-electron chi connectivity index (χ0n) is 14.4. The maximum atomic E-state index is 11.7. The van der Waals surface area contributed by atoms with Crippen molar-refractivity contribution in [2.24, 2.45) is 17.8 Å². The first kappa shape index (κ1) is 17.6. The lowest BCUT2D eigenvalue weighted by atomic mass is 9.70. The first-order valence-electron chi connectivity index (χ1n) is 9.53. The van der Waals surface area contributed by atoms with Crippen LogP contribution in [0.2, 0.25) is 0 Å². The van der Waals surface area contributed by atoms with Crippen molar-refractivity contribution >= 4 is 5.97 Å². The SMILES string of the molecule is C=CCCC(=O)OC1CCC([C@H]2CC[C@H](CCC)CC2)CC1. The number of carbonyl (C=O) groups is 1. The molecule has 0 amide bonds. The van der Waals surface area contributed by atoms with E-state index in [4.69, 9.17) is 4.74 Å². The third kappa shape index (κ3) is 5.44. The maximum Gasteiger partial charge on any atom is 0.306 e. The van der Waals surface area contributed by atoms with Crippen LogP contribution < -0.4 is 0 Å². The van der Waals surface area contributed by atoms with Crippen molar-refractivity contribution in [3.63, 3.8) is 0 Å². The minimum absolute atomic E-state index is 0.0385. The number of ether oxygens (including phenoxy) is 1. The molecule has 2 heteroatoms. The van der Waals surface area contributed by atoms with Crippen LogP contribution in [0.3, 0.4) is 0 Å². The van der Waals surface area contributed by atoms with E-state index in [1.807, 2.05) is 0 Å². The summed E-state index contributed by atoms with van der Waals surface area (Å²) in [5.74, 6) is 2.81. The molecule has 0 atom stereocenters. The van der Waals surface area contributed by atoms with Gasteiger partial charge in [-0.05, 0) is 62.7 Å². The van der Waals surface area contributed by atoms with Crippen molar-refractivity contribution in [2.45, 2.75) is 90.1 Å². The Morgan fingerprint density at radius 2 is 1.64 bits per heavy atom. The average Bonchev–Trinajstić information content (AvgIpc) is 2.55. The van der Waals surface area contributed by atoms with Gasteiger partial charge in [0.15, 0.2) is 0 Å². The van der Waals surface area contributed by atoms with Crippen molar-refractivity contribution < 1.29 is 9.53 Å². The third-order valence-corrected chi connectivity index (χ3v) is 5.82. The van der Waals surface area contributed by atoms with Gasteiger partial charge in [-0.15, -0.1) is 6.58 Å². The zero-order chi connectivity index (χ0) is 15.8. The molecule has 2 saturated carbocycles. The van der Waals surface area contributed by atoms with Gasteiger partial charge in [-0.25, -0.2) is 0 Å². The Morgan fingerprint density at radius 3 is 2.18 bits per heavy atom. The van der Waals surface area contributed by atoms with E-state index in [2.05, 4.69) is 13.5 Å². The second kappa shape index (κ2) is 9.37. The largest absolute Gasteiger partial charge is 0.462 e. The van der Waals surface area contributed by atoms with Crippen LogP contribution >= 0.6 is 0 Å². The molecule has 2 nitrogen and oxygen atoms in total. The van der Waals surface area contributed by atoms with Crippen LogP contribution in [0.25, 0.3) is 0 Å². The second-order valence-corrected chi connectivity index (χ2v) is 7.42. The van der Waals surface area contributed by atoms with Crippen molar-refractivity contribution in [1.82, 2.24) is 0 Å². The van der Waals surface area contributed by atoms with E-state index in [-0.39, 0.29) is 12.1 Å². The van der Waals surface area contributed by atoms with Gasteiger partial charge in [0.05, 0.1) is 0 Å². The molecule has 0 unspecified atom stereocenters. The summed E-state index contributed by atoms with van der Waals surface area (Å²) in [6, 6.07) is 0. The van der Waals surface area contributed by atoms with E-state index in [0.29, 0.717) is 6.42 Å². The van der Waals surface area contributed by atoms with Gasteiger partial charge in [-0.3, -0.25) is 4.79 Å². The molecule has 2 aliphatic carbocycles. The predicted octanol–water partition coefficient (Wildman–Crippen LogP) is 5.66. The minimum atomic E-state index is -0.0385. The summed E-state index contributed by atoms with van der Waals surface area (Å²) < 4.78 is 5.59. The average molecular weight is 306 g/mol. The van der Waals surface area contributed by atoms with Gasteiger partial charge in [0.1, 0.15) is 6.10 Å². The monoisotopic (exact) mass is 306 g/mol. The highest BCUT2D eigenvalue weighted by Gasteiger charge is 2.31. The van der Waals surface area contributed by atoms with E-state index in [9.17, 15) is 4.79 Å². The molecule has 2 fully saturated rings. The minimum Gasteiger partial charge on any atom is -0.462 e. The number of hydrogen-bond donors (Lipinski definition) is 0. The smallest absolute Gasteiger partial charge is 0.306 e. The number of allylic oxidation sites excluding steroid dienone is 1. The van der Waals surface area contributed by atoms with Crippen LogP contribution in [0.4, 0.5) is 0 Å². The topological polar surface area (TPSA) is 26.3 Å². The summed E-state index contributed by atoms with van der Waals surface area (Å²) >= 11 is 0. The fraction of sp³-hybridized carbons (Fsp3) is 0.850. The first-order valence-corrected chi connectivity index (χ1v) is 9.53. The predicted molar refractivity (Wildman–Crippen MR) is 91.6 cm³/mol. The van der Waals surface area contributed by atoms with Gasteiger partial charge in [-0.1, -0.05) is 38.7 Å². The summed E-state index contributed by atoms with van der Waals surface area (Å²) in [5, 5.41) is 0. The fourth-order valence-corrected chi connectivity index (χ4v) is 4.50. The van der Waals surface area contributed by atoms with Gasteiger partial charge in [0.25, 0.3) is 0 Å². The van der Waals surface area contributed by atoms with Gasteiger partial charge < -0.3 is 4.74 Å². The third-order valence-electron chi connectivity index (χ3n) is 5.82. The van der Waals surface area contributed by atoms with Crippen molar-refractivity contribution in [3.8, 4) is 0 Å². The molecular formula is C20H34O2. The van der Waals surface area contributed by atoms with Crippen molar-refractivity contribution in [1.29, 1.82) is 0 Å². The van der Waals surface area contributed by atoms with Crippen LogP contribution in [0.1, 0.15) is 84.0 Å². The van der Waals surface area contributed by atoms with E-state index in [0.717, 1.165) is 37.0 Å². The molecule has 0 heterocycles. The van der Waals surface area contributed by atoms with Crippen LogP contribution in [-0.4, -0.2) is 12.1 Å². The lowest BCUT2D eigenvalue weighted by molar-refractivity contribution is -0.151. The Bertz CT molecular complexity index is 334. The summed E-state index contributed by atoms with van der Waals surface area (Å²) in [4.78, 5) is 11.7. The molecule has 0 aromatic heterocycles. The Morgan fingerprint density at radius 1 is 1.05 bits per heavy atom. The lowest BCUT2D eigenvalue weighted by Crippen LogP contribution is -2.29. The van der Waals surface area contributed by atoms with Crippen LogP contribution in [0, 0.1) is 17.8 Å². The van der Waals surface area contributed by atoms with Gasteiger partial charge in [-0.2, -0.15) is 0 Å². The fourth-order valence-electron chi connectivity index (χ4n) is 4.50. The molecule has 0 bridgehead atoms. The Labute approximate surface area is 136 Å². The van der Waals surface area contributed by atoms with Crippen LogP contribution in [-0.2, 0) is 9.53 Å². The molecule has 0 saturated heterocycles. The maximum absolute atomic E-state index is 11.7. The summed E-state index contributed by atoms with van der Waals surface area (Å²) in [7, 11) is 0. The molecular weight excluding hydrogens is 272 g/mol. The highest BCUT2D eigenvalue weighted by atomic mass is 16.5. The van der Waals surface area contributed by atoms with Crippen LogP contribution in [0.5, 0.6) is 0 Å². The Balaban J connectivity index is 1.65. The molecule has 0 spiro atoms. The second-order valence-electron chi connectivity index (χ2n) is 7.42. The van der Waals surface area contributed by atoms with Gasteiger partial charge >= 0.3 is 5.97 Å². The Hall–Kier alpha value is -0.790. The quantitative estimate of drug-likeness (QED) is 0.448. The lowest BCUT2D eigenvalue weighted by Gasteiger charge is -2.37. The summed E-state index contributed by atoms with van der Waals surface area (Å²) in [5.41, 5.74) is 0. The molecule has 0 aromatic carbocycles. The Kier molecular flexibility index (Phi) is 7.48. The molecule has 0 radical (unpaired) electrons. The number of rotatable bonds is 7. The van der Waals surface area contributed by atoms with Crippen LogP contribution in [0.15, 0.2) is 12.7 Å². The van der Waals surface area contributed by atoms with E-state index in [1.165, 1.54) is 51.4 Å². The molecule has 0 aliphatic heterocycles. The highest BCUT2D eigenvalue weighted by molar-refractivity contribution is 5.69. The van der Waals surface area contributed by atoms with E-state index >= 15 is 0 Å². The van der Waals surface area contributed by atoms with Gasteiger partial charge in [0, 0.05) is 6.42 Å².